The standard InChI is InChI=1S/C12H16BrNO/c1-9(2)6-7-14-10-4-5-11(13)12(8-10)15-3/h4-6,8,14H,7H2,1-3H3. The Bertz CT molecular complexity index is 357. The van der Waals surface area contributed by atoms with Crippen molar-refractivity contribution in [2.24, 2.45) is 0 Å². The quantitative estimate of drug-likeness (QED) is 0.839. The average molecular weight is 270 g/mol. The van der Waals surface area contributed by atoms with E-state index in [0.717, 1.165) is 22.5 Å². The van der Waals surface area contributed by atoms with Gasteiger partial charge in [-0.25, -0.2) is 0 Å². The van der Waals surface area contributed by atoms with Crippen LogP contribution in [0, 0.1) is 0 Å². The molecule has 0 bridgehead atoms. The molecule has 0 saturated heterocycles. The number of nitrogens with one attached hydrogen (secondary N) is 1. The van der Waals surface area contributed by atoms with Crippen LogP contribution in [0.1, 0.15) is 13.8 Å². The van der Waals surface area contributed by atoms with Gasteiger partial charge in [-0.15, -0.1) is 0 Å². The third-order valence-electron chi connectivity index (χ3n) is 1.97. The van der Waals surface area contributed by atoms with Gasteiger partial charge in [0.15, 0.2) is 0 Å². The number of hydrogen-bond donors (Lipinski definition) is 1. The van der Waals surface area contributed by atoms with Gasteiger partial charge in [0.25, 0.3) is 0 Å². The van der Waals surface area contributed by atoms with Crippen LogP contribution >= 0.6 is 15.9 Å². The highest BCUT2D eigenvalue weighted by Crippen LogP contribution is 2.27. The van der Waals surface area contributed by atoms with Crippen molar-refractivity contribution in [3.8, 4) is 5.75 Å². The fourth-order valence-electron chi connectivity index (χ4n) is 1.14. The van der Waals surface area contributed by atoms with Crippen molar-refractivity contribution >= 4 is 21.6 Å². The van der Waals surface area contributed by atoms with Gasteiger partial charge in [0, 0.05) is 18.3 Å². The Morgan fingerprint density at radius 1 is 1.47 bits per heavy atom. The summed E-state index contributed by atoms with van der Waals surface area (Å²) in [6.45, 7) is 5.01. The van der Waals surface area contributed by atoms with Gasteiger partial charge in [0.1, 0.15) is 5.75 Å². The van der Waals surface area contributed by atoms with Gasteiger partial charge >= 0.3 is 0 Å². The molecule has 1 aromatic carbocycles. The molecule has 0 aliphatic rings. The molecule has 0 spiro atoms. The Balaban J connectivity index is 2.66. The third-order valence-corrected chi connectivity index (χ3v) is 2.62. The fourth-order valence-corrected chi connectivity index (χ4v) is 1.55. The lowest BCUT2D eigenvalue weighted by atomic mass is 10.3. The molecule has 0 amide bonds. The Morgan fingerprint density at radius 2 is 2.20 bits per heavy atom. The molecule has 0 unspecified atom stereocenters. The van der Waals surface area contributed by atoms with Crippen LogP contribution in [-0.2, 0) is 0 Å². The molecular formula is C12H16BrNO. The molecule has 0 atom stereocenters. The van der Waals surface area contributed by atoms with E-state index in [2.05, 4.69) is 41.2 Å². The highest BCUT2D eigenvalue weighted by atomic mass is 79.9. The summed E-state index contributed by atoms with van der Waals surface area (Å²) in [6, 6.07) is 5.97. The molecule has 15 heavy (non-hydrogen) atoms. The van der Waals surface area contributed by atoms with Gasteiger partial charge in [0.05, 0.1) is 11.6 Å². The summed E-state index contributed by atoms with van der Waals surface area (Å²) in [5.74, 6) is 0.845. The van der Waals surface area contributed by atoms with E-state index in [4.69, 9.17) is 4.74 Å². The number of methoxy groups -OCH3 is 1. The largest absolute Gasteiger partial charge is 0.495 e. The van der Waals surface area contributed by atoms with Crippen molar-refractivity contribution in [1.82, 2.24) is 0 Å². The number of benzene rings is 1. The average Bonchev–Trinajstić information content (AvgIpc) is 2.20. The molecule has 0 fully saturated rings. The first-order valence-electron chi connectivity index (χ1n) is 4.84. The van der Waals surface area contributed by atoms with Crippen LogP contribution in [0.2, 0.25) is 0 Å². The number of allylic oxidation sites excluding steroid dienone is 1. The summed E-state index contributed by atoms with van der Waals surface area (Å²) >= 11 is 3.42. The number of halogens is 1. The summed E-state index contributed by atoms with van der Waals surface area (Å²) in [5, 5.41) is 3.30. The zero-order valence-corrected chi connectivity index (χ0v) is 10.9. The monoisotopic (exact) mass is 269 g/mol. The molecule has 1 rings (SSSR count). The van der Waals surface area contributed by atoms with E-state index in [1.807, 2.05) is 18.2 Å². The predicted octanol–water partition coefficient (Wildman–Crippen LogP) is 3.84. The summed E-state index contributed by atoms with van der Waals surface area (Å²) in [7, 11) is 1.67. The van der Waals surface area contributed by atoms with Crippen molar-refractivity contribution in [2.45, 2.75) is 13.8 Å². The second-order valence-corrected chi connectivity index (χ2v) is 4.37. The molecule has 3 heteroatoms. The lowest BCUT2D eigenvalue weighted by Gasteiger charge is -2.07. The number of rotatable bonds is 4. The second kappa shape index (κ2) is 5.81. The summed E-state index contributed by atoms with van der Waals surface area (Å²) in [6.07, 6.45) is 2.15. The van der Waals surface area contributed by atoms with Crippen molar-refractivity contribution < 1.29 is 4.74 Å². The summed E-state index contributed by atoms with van der Waals surface area (Å²) in [4.78, 5) is 0. The number of hydrogen-bond acceptors (Lipinski definition) is 2. The van der Waals surface area contributed by atoms with Crippen LogP contribution < -0.4 is 10.1 Å². The Hall–Kier alpha value is -0.960. The van der Waals surface area contributed by atoms with E-state index in [9.17, 15) is 0 Å². The molecule has 0 aliphatic heterocycles. The molecule has 82 valence electrons. The van der Waals surface area contributed by atoms with Gasteiger partial charge < -0.3 is 10.1 Å². The molecule has 0 saturated carbocycles. The van der Waals surface area contributed by atoms with E-state index in [0.29, 0.717) is 0 Å². The predicted molar refractivity (Wildman–Crippen MR) is 68.6 cm³/mol. The Labute approximate surface area is 99.5 Å². The maximum Gasteiger partial charge on any atom is 0.135 e. The van der Waals surface area contributed by atoms with Crippen LogP contribution in [0.3, 0.4) is 0 Å². The van der Waals surface area contributed by atoms with Gasteiger partial charge in [-0.05, 0) is 41.9 Å². The van der Waals surface area contributed by atoms with E-state index in [1.54, 1.807) is 7.11 Å². The zero-order chi connectivity index (χ0) is 11.3. The molecule has 1 N–H and O–H groups in total. The smallest absolute Gasteiger partial charge is 0.135 e. The minimum absolute atomic E-state index is 0.840. The van der Waals surface area contributed by atoms with Crippen molar-refractivity contribution in [3.63, 3.8) is 0 Å². The zero-order valence-electron chi connectivity index (χ0n) is 9.30. The molecule has 0 radical (unpaired) electrons. The maximum atomic E-state index is 5.21. The van der Waals surface area contributed by atoms with Crippen LogP contribution in [0.4, 0.5) is 5.69 Å². The molecular weight excluding hydrogens is 254 g/mol. The molecule has 0 aromatic heterocycles. The van der Waals surface area contributed by atoms with E-state index in [1.165, 1.54) is 5.57 Å². The van der Waals surface area contributed by atoms with Crippen LogP contribution in [0.25, 0.3) is 0 Å². The van der Waals surface area contributed by atoms with Gasteiger partial charge in [0.2, 0.25) is 0 Å². The minimum Gasteiger partial charge on any atom is -0.495 e. The Kier molecular flexibility index (Phi) is 4.69. The van der Waals surface area contributed by atoms with Crippen LogP contribution in [0.5, 0.6) is 5.75 Å². The van der Waals surface area contributed by atoms with Gasteiger partial charge in [-0.1, -0.05) is 11.6 Å². The van der Waals surface area contributed by atoms with E-state index < -0.39 is 0 Å². The lowest BCUT2D eigenvalue weighted by Crippen LogP contribution is -1.99. The third kappa shape index (κ3) is 3.96. The Morgan fingerprint density at radius 3 is 2.80 bits per heavy atom. The lowest BCUT2D eigenvalue weighted by molar-refractivity contribution is 0.412. The first-order chi connectivity index (χ1) is 7.13. The molecule has 2 nitrogen and oxygen atoms in total. The first kappa shape index (κ1) is 12.1. The maximum absolute atomic E-state index is 5.21. The van der Waals surface area contributed by atoms with E-state index >= 15 is 0 Å². The number of ether oxygens (including phenoxy) is 1. The second-order valence-electron chi connectivity index (χ2n) is 3.51. The molecule has 1 aromatic rings. The summed E-state index contributed by atoms with van der Waals surface area (Å²) in [5.41, 5.74) is 2.37. The van der Waals surface area contributed by atoms with Gasteiger partial charge in [-0.2, -0.15) is 0 Å². The SMILES string of the molecule is COc1cc(NCC=C(C)C)ccc1Br. The first-order valence-corrected chi connectivity index (χ1v) is 5.63. The van der Waals surface area contributed by atoms with E-state index in [-0.39, 0.29) is 0 Å². The molecule has 0 heterocycles. The van der Waals surface area contributed by atoms with Crippen LogP contribution in [-0.4, -0.2) is 13.7 Å². The highest BCUT2D eigenvalue weighted by Gasteiger charge is 2.00. The minimum atomic E-state index is 0.840. The number of anilines is 1. The fraction of sp³-hybridized carbons (Fsp3) is 0.333. The topological polar surface area (TPSA) is 21.3 Å². The highest BCUT2D eigenvalue weighted by molar-refractivity contribution is 9.10. The van der Waals surface area contributed by atoms with Gasteiger partial charge in [-0.3, -0.25) is 0 Å². The van der Waals surface area contributed by atoms with Crippen molar-refractivity contribution in [3.05, 3.63) is 34.3 Å². The normalized spacial score (nSPS) is 9.60. The summed E-state index contributed by atoms with van der Waals surface area (Å²) < 4.78 is 6.18. The molecule has 0 aliphatic carbocycles. The van der Waals surface area contributed by atoms with Crippen molar-refractivity contribution in [2.75, 3.05) is 19.0 Å². The van der Waals surface area contributed by atoms with Crippen LogP contribution in [0.15, 0.2) is 34.3 Å². The van der Waals surface area contributed by atoms with Crippen molar-refractivity contribution in [1.29, 1.82) is 0 Å².